The van der Waals surface area contributed by atoms with E-state index in [1.54, 1.807) is 7.05 Å². The van der Waals surface area contributed by atoms with E-state index in [2.05, 4.69) is 24.7 Å². The first-order chi connectivity index (χ1) is 7.63. The zero-order valence-electron chi connectivity index (χ0n) is 9.91. The van der Waals surface area contributed by atoms with E-state index >= 15 is 0 Å². The topological polar surface area (TPSA) is 50.4 Å². The standard InChI is InChI=1S/C12H18N2O2/c1-9(2)10-4-6-11(7-5-10)16-8-12(15)14-13-3/h4-7,9,13H,8H2,1-3H3,(H,14,15). The Kier molecular flexibility index (Phi) is 4.79. The van der Waals surface area contributed by atoms with Crippen LogP contribution in [0.3, 0.4) is 0 Å². The Labute approximate surface area is 96.0 Å². The van der Waals surface area contributed by atoms with Crippen LogP contribution in [-0.2, 0) is 4.79 Å². The van der Waals surface area contributed by atoms with Crippen molar-refractivity contribution in [2.45, 2.75) is 19.8 Å². The van der Waals surface area contributed by atoms with Crippen LogP contribution in [0.4, 0.5) is 0 Å². The summed E-state index contributed by atoms with van der Waals surface area (Å²) in [5.74, 6) is 1.01. The third kappa shape index (κ3) is 3.90. The molecule has 88 valence electrons. The normalized spacial score (nSPS) is 10.2. The zero-order chi connectivity index (χ0) is 12.0. The lowest BCUT2D eigenvalue weighted by molar-refractivity contribution is -0.123. The molecule has 1 aromatic carbocycles. The van der Waals surface area contributed by atoms with E-state index in [-0.39, 0.29) is 12.5 Å². The number of rotatable bonds is 5. The zero-order valence-corrected chi connectivity index (χ0v) is 9.91. The van der Waals surface area contributed by atoms with Crippen molar-refractivity contribution in [2.24, 2.45) is 0 Å². The van der Waals surface area contributed by atoms with Crippen molar-refractivity contribution in [3.8, 4) is 5.75 Å². The van der Waals surface area contributed by atoms with Gasteiger partial charge in [-0.2, -0.15) is 0 Å². The molecular weight excluding hydrogens is 204 g/mol. The van der Waals surface area contributed by atoms with Gasteiger partial charge in [0.05, 0.1) is 0 Å². The van der Waals surface area contributed by atoms with Crippen LogP contribution in [0.15, 0.2) is 24.3 Å². The van der Waals surface area contributed by atoms with Gasteiger partial charge < -0.3 is 4.74 Å². The van der Waals surface area contributed by atoms with Gasteiger partial charge in [0.15, 0.2) is 6.61 Å². The van der Waals surface area contributed by atoms with Crippen molar-refractivity contribution in [1.82, 2.24) is 10.9 Å². The van der Waals surface area contributed by atoms with Gasteiger partial charge in [-0.15, -0.1) is 0 Å². The van der Waals surface area contributed by atoms with Crippen molar-refractivity contribution in [2.75, 3.05) is 13.7 Å². The molecule has 0 spiro atoms. The van der Waals surface area contributed by atoms with E-state index in [0.717, 1.165) is 0 Å². The minimum atomic E-state index is -0.199. The Bertz CT molecular complexity index is 333. The Balaban J connectivity index is 2.46. The highest BCUT2D eigenvalue weighted by atomic mass is 16.5. The minimum Gasteiger partial charge on any atom is -0.484 e. The van der Waals surface area contributed by atoms with E-state index in [4.69, 9.17) is 4.74 Å². The van der Waals surface area contributed by atoms with Crippen LogP contribution < -0.4 is 15.6 Å². The molecule has 0 heterocycles. The number of ether oxygens (including phenoxy) is 1. The van der Waals surface area contributed by atoms with Crippen molar-refractivity contribution in [3.63, 3.8) is 0 Å². The molecule has 2 N–H and O–H groups in total. The van der Waals surface area contributed by atoms with Gasteiger partial charge in [-0.3, -0.25) is 10.2 Å². The number of carbonyl (C=O) groups excluding carboxylic acids is 1. The number of hydrogen-bond donors (Lipinski definition) is 2. The molecule has 0 bridgehead atoms. The first-order valence-electron chi connectivity index (χ1n) is 5.32. The van der Waals surface area contributed by atoms with Crippen LogP contribution in [0.2, 0.25) is 0 Å². The van der Waals surface area contributed by atoms with Crippen molar-refractivity contribution < 1.29 is 9.53 Å². The van der Waals surface area contributed by atoms with E-state index in [9.17, 15) is 4.79 Å². The number of benzene rings is 1. The van der Waals surface area contributed by atoms with E-state index < -0.39 is 0 Å². The molecule has 0 aliphatic heterocycles. The SMILES string of the molecule is CNNC(=O)COc1ccc(C(C)C)cc1. The van der Waals surface area contributed by atoms with Gasteiger partial charge in [0.1, 0.15) is 5.75 Å². The van der Waals surface area contributed by atoms with Gasteiger partial charge in [-0.1, -0.05) is 26.0 Å². The molecule has 0 fully saturated rings. The summed E-state index contributed by atoms with van der Waals surface area (Å²) < 4.78 is 5.30. The first kappa shape index (κ1) is 12.5. The fourth-order valence-corrected chi connectivity index (χ4v) is 1.27. The molecule has 0 aromatic heterocycles. The number of hydrazine groups is 1. The van der Waals surface area contributed by atoms with Crippen LogP contribution in [0.1, 0.15) is 25.3 Å². The summed E-state index contributed by atoms with van der Waals surface area (Å²) in [7, 11) is 1.63. The fraction of sp³-hybridized carbons (Fsp3) is 0.417. The predicted octanol–water partition coefficient (Wildman–Crippen LogP) is 1.44. The summed E-state index contributed by atoms with van der Waals surface area (Å²) in [6, 6.07) is 7.77. The number of amides is 1. The summed E-state index contributed by atoms with van der Waals surface area (Å²) in [5.41, 5.74) is 6.24. The Morgan fingerprint density at radius 1 is 1.31 bits per heavy atom. The number of hydrogen-bond acceptors (Lipinski definition) is 3. The number of nitrogens with one attached hydrogen (secondary N) is 2. The van der Waals surface area contributed by atoms with Crippen LogP contribution >= 0.6 is 0 Å². The summed E-state index contributed by atoms with van der Waals surface area (Å²) in [6.45, 7) is 4.29. The molecule has 1 aromatic rings. The summed E-state index contributed by atoms with van der Waals surface area (Å²) in [5, 5.41) is 0. The highest BCUT2D eigenvalue weighted by Gasteiger charge is 2.02. The highest BCUT2D eigenvalue weighted by molar-refractivity contribution is 5.76. The van der Waals surface area contributed by atoms with E-state index in [1.165, 1.54) is 5.56 Å². The second-order valence-corrected chi connectivity index (χ2v) is 3.81. The lowest BCUT2D eigenvalue weighted by Crippen LogP contribution is -2.37. The largest absolute Gasteiger partial charge is 0.484 e. The van der Waals surface area contributed by atoms with Gasteiger partial charge in [0.2, 0.25) is 0 Å². The van der Waals surface area contributed by atoms with Gasteiger partial charge in [-0.05, 0) is 23.6 Å². The predicted molar refractivity (Wildman–Crippen MR) is 63.2 cm³/mol. The molecular formula is C12H18N2O2. The molecule has 0 aliphatic rings. The monoisotopic (exact) mass is 222 g/mol. The molecule has 0 unspecified atom stereocenters. The fourth-order valence-electron chi connectivity index (χ4n) is 1.27. The smallest absolute Gasteiger partial charge is 0.271 e. The maximum Gasteiger partial charge on any atom is 0.271 e. The van der Waals surface area contributed by atoms with E-state index in [1.807, 2.05) is 24.3 Å². The summed E-state index contributed by atoms with van der Waals surface area (Å²) in [6.07, 6.45) is 0. The Morgan fingerprint density at radius 3 is 2.44 bits per heavy atom. The van der Waals surface area contributed by atoms with Gasteiger partial charge in [-0.25, -0.2) is 5.43 Å². The van der Waals surface area contributed by atoms with Gasteiger partial charge in [0, 0.05) is 7.05 Å². The molecule has 16 heavy (non-hydrogen) atoms. The van der Waals surface area contributed by atoms with Crippen LogP contribution in [-0.4, -0.2) is 19.6 Å². The minimum absolute atomic E-state index is 0.0157. The first-order valence-corrected chi connectivity index (χ1v) is 5.32. The van der Waals surface area contributed by atoms with Gasteiger partial charge >= 0.3 is 0 Å². The lowest BCUT2D eigenvalue weighted by atomic mass is 10.0. The van der Waals surface area contributed by atoms with Crippen LogP contribution in [0.5, 0.6) is 5.75 Å². The van der Waals surface area contributed by atoms with Crippen molar-refractivity contribution >= 4 is 5.91 Å². The van der Waals surface area contributed by atoms with Gasteiger partial charge in [0.25, 0.3) is 5.91 Å². The molecule has 0 aliphatic carbocycles. The maximum absolute atomic E-state index is 11.1. The molecule has 4 heteroatoms. The molecule has 1 rings (SSSR count). The maximum atomic E-state index is 11.1. The molecule has 4 nitrogen and oxygen atoms in total. The van der Waals surface area contributed by atoms with E-state index in [0.29, 0.717) is 11.7 Å². The third-order valence-corrected chi connectivity index (χ3v) is 2.18. The van der Waals surface area contributed by atoms with Crippen LogP contribution in [0, 0.1) is 0 Å². The van der Waals surface area contributed by atoms with Crippen molar-refractivity contribution in [3.05, 3.63) is 29.8 Å². The summed E-state index contributed by atoms with van der Waals surface area (Å²) in [4.78, 5) is 11.1. The Hall–Kier alpha value is -1.55. The lowest BCUT2D eigenvalue weighted by Gasteiger charge is -2.08. The quantitative estimate of drug-likeness (QED) is 0.741. The Morgan fingerprint density at radius 2 is 1.94 bits per heavy atom. The second kappa shape index (κ2) is 6.12. The third-order valence-electron chi connectivity index (χ3n) is 2.18. The molecule has 0 saturated carbocycles. The second-order valence-electron chi connectivity index (χ2n) is 3.81. The van der Waals surface area contributed by atoms with Crippen LogP contribution in [0.25, 0.3) is 0 Å². The molecule has 0 saturated heterocycles. The summed E-state index contributed by atoms with van der Waals surface area (Å²) >= 11 is 0. The average molecular weight is 222 g/mol. The average Bonchev–Trinajstić information content (AvgIpc) is 2.27. The number of carbonyl (C=O) groups is 1. The highest BCUT2D eigenvalue weighted by Crippen LogP contribution is 2.18. The molecule has 0 atom stereocenters. The van der Waals surface area contributed by atoms with Crippen molar-refractivity contribution in [1.29, 1.82) is 0 Å². The molecule has 1 amide bonds. The molecule has 0 radical (unpaired) electrons.